The lowest BCUT2D eigenvalue weighted by Crippen LogP contribution is -2.07. The third kappa shape index (κ3) is 3.24. The van der Waals surface area contributed by atoms with Crippen LogP contribution in [0.4, 0.5) is 0 Å². The molecule has 0 aliphatic carbocycles. The number of hydrogen-bond acceptors (Lipinski definition) is 2. The molecule has 0 unspecified atom stereocenters. The number of nitrogens with zero attached hydrogens (tertiary/aromatic N) is 2. The maximum atomic E-state index is 5.64. The van der Waals surface area contributed by atoms with Crippen LogP contribution < -0.4 is 0 Å². The highest BCUT2D eigenvalue weighted by Gasteiger charge is 2.07. The van der Waals surface area contributed by atoms with Gasteiger partial charge in [0, 0.05) is 12.7 Å². The fourth-order valence-electron chi connectivity index (χ4n) is 1.04. The molecule has 4 heteroatoms. The number of aryl methyl sites for hydroxylation is 1. The van der Waals surface area contributed by atoms with Crippen molar-refractivity contribution in [1.82, 2.24) is 9.78 Å². The minimum Gasteiger partial charge on any atom is -0.372 e. The first-order chi connectivity index (χ1) is 6.67. The van der Waals surface area contributed by atoms with Crippen LogP contribution >= 0.6 is 22.6 Å². The molecule has 0 aliphatic rings. The Morgan fingerprint density at radius 2 is 2.29 bits per heavy atom. The number of hydrogen-bond donors (Lipinski definition) is 0. The van der Waals surface area contributed by atoms with Gasteiger partial charge in [0.2, 0.25) is 0 Å². The van der Waals surface area contributed by atoms with E-state index in [-0.39, 0.29) is 0 Å². The van der Waals surface area contributed by atoms with Gasteiger partial charge >= 0.3 is 0 Å². The molecule has 0 saturated heterocycles. The van der Waals surface area contributed by atoms with E-state index in [1.807, 2.05) is 4.68 Å². The second kappa shape index (κ2) is 5.70. The molecule has 0 radical (unpaired) electrons. The fourth-order valence-corrected chi connectivity index (χ4v) is 1.62. The van der Waals surface area contributed by atoms with Gasteiger partial charge in [-0.15, -0.1) is 0 Å². The Kier molecular flexibility index (Phi) is 4.88. The summed E-state index contributed by atoms with van der Waals surface area (Å²) in [4.78, 5) is 0. The van der Waals surface area contributed by atoms with E-state index in [0.717, 1.165) is 18.7 Å². The third-order valence-electron chi connectivity index (χ3n) is 2.19. The maximum absolute atomic E-state index is 5.64. The molecule has 0 N–H and O–H groups in total. The van der Waals surface area contributed by atoms with Gasteiger partial charge in [-0.1, -0.05) is 6.92 Å². The van der Waals surface area contributed by atoms with E-state index in [9.17, 15) is 0 Å². The Labute approximate surface area is 99.0 Å². The van der Waals surface area contributed by atoms with Crippen LogP contribution in [0.25, 0.3) is 0 Å². The maximum Gasteiger partial charge on any atom is 0.101 e. The van der Waals surface area contributed by atoms with Gasteiger partial charge < -0.3 is 4.74 Å². The molecule has 0 bridgehead atoms. The monoisotopic (exact) mass is 308 g/mol. The van der Waals surface area contributed by atoms with Crippen molar-refractivity contribution in [3.05, 3.63) is 15.5 Å². The Bertz CT molecular complexity index is 286. The predicted molar refractivity (Wildman–Crippen MR) is 65.2 cm³/mol. The first-order valence-electron chi connectivity index (χ1n) is 5.00. The number of ether oxygens (including phenoxy) is 1. The molecular weight excluding hydrogens is 291 g/mol. The van der Waals surface area contributed by atoms with Crippen molar-refractivity contribution in [3.8, 4) is 0 Å². The van der Waals surface area contributed by atoms with Crippen molar-refractivity contribution < 1.29 is 4.74 Å². The Hall–Kier alpha value is -0.100. The molecule has 0 saturated carbocycles. The predicted octanol–water partition coefficient (Wildman–Crippen LogP) is 2.82. The Morgan fingerprint density at radius 1 is 1.57 bits per heavy atom. The summed E-state index contributed by atoms with van der Waals surface area (Å²) in [6.45, 7) is 7.84. The molecule has 1 aromatic rings. The molecule has 0 amide bonds. The first kappa shape index (κ1) is 12.0. The van der Waals surface area contributed by atoms with Crippen LogP contribution in [0.2, 0.25) is 0 Å². The lowest BCUT2D eigenvalue weighted by molar-refractivity contribution is 0.0482. The second-order valence-corrected chi connectivity index (χ2v) is 4.47. The molecule has 0 aliphatic heterocycles. The second-order valence-electron chi connectivity index (χ2n) is 3.31. The average molecular weight is 308 g/mol. The summed E-state index contributed by atoms with van der Waals surface area (Å²) in [6, 6.07) is 0. The van der Waals surface area contributed by atoms with E-state index in [4.69, 9.17) is 4.74 Å². The molecule has 1 heterocycles. The number of rotatable bonds is 5. The smallest absolute Gasteiger partial charge is 0.101 e. The summed E-state index contributed by atoms with van der Waals surface area (Å²) in [5.74, 6) is 0. The molecule has 1 rings (SSSR count). The van der Waals surface area contributed by atoms with Crippen LogP contribution in [0.3, 0.4) is 0 Å². The van der Waals surface area contributed by atoms with Gasteiger partial charge in [-0.25, -0.2) is 0 Å². The van der Waals surface area contributed by atoms with Crippen molar-refractivity contribution in [2.45, 2.75) is 46.4 Å². The summed E-state index contributed by atoms with van der Waals surface area (Å²) in [6.07, 6.45) is 3.42. The molecule has 80 valence electrons. The summed E-state index contributed by atoms with van der Waals surface area (Å²) < 4.78 is 8.76. The van der Waals surface area contributed by atoms with Gasteiger partial charge in [-0.2, -0.15) is 5.10 Å². The van der Waals surface area contributed by atoms with Crippen molar-refractivity contribution in [1.29, 1.82) is 0 Å². The summed E-state index contributed by atoms with van der Waals surface area (Å²) >= 11 is 2.30. The summed E-state index contributed by atoms with van der Waals surface area (Å²) in [5.41, 5.74) is 1.05. The summed E-state index contributed by atoms with van der Waals surface area (Å²) in [5, 5.41) is 4.42. The molecular formula is C10H17IN2O. The van der Waals surface area contributed by atoms with Crippen LogP contribution in [0, 0.1) is 3.57 Å². The van der Waals surface area contributed by atoms with Crippen molar-refractivity contribution in [2.75, 3.05) is 0 Å². The van der Waals surface area contributed by atoms with E-state index in [1.54, 1.807) is 0 Å². The van der Waals surface area contributed by atoms with E-state index in [2.05, 4.69) is 54.7 Å². The normalized spacial score (nSPS) is 13.1. The standard InChI is InChI=1S/C10H17IN2O/c1-4-8(3)14-7-10-9(11)6-13(5-2)12-10/h6,8H,4-5,7H2,1-3H3/t8-/m0/s1. The largest absolute Gasteiger partial charge is 0.372 e. The van der Waals surface area contributed by atoms with Gasteiger partial charge in [0.05, 0.1) is 16.3 Å². The average Bonchev–Trinajstić information content (AvgIpc) is 2.55. The molecule has 1 aromatic heterocycles. The topological polar surface area (TPSA) is 27.1 Å². The van der Waals surface area contributed by atoms with E-state index in [0.29, 0.717) is 12.7 Å². The highest BCUT2D eigenvalue weighted by atomic mass is 127. The van der Waals surface area contributed by atoms with Crippen LogP contribution in [0.15, 0.2) is 6.20 Å². The minimum atomic E-state index is 0.317. The molecule has 1 atom stereocenters. The zero-order valence-electron chi connectivity index (χ0n) is 8.96. The van der Waals surface area contributed by atoms with Crippen molar-refractivity contribution >= 4 is 22.6 Å². The van der Waals surface area contributed by atoms with E-state index >= 15 is 0 Å². The quantitative estimate of drug-likeness (QED) is 0.782. The minimum absolute atomic E-state index is 0.317. The van der Waals surface area contributed by atoms with Gasteiger partial charge in [-0.05, 0) is 42.9 Å². The van der Waals surface area contributed by atoms with Crippen LogP contribution in [-0.4, -0.2) is 15.9 Å². The number of halogens is 1. The highest BCUT2D eigenvalue weighted by molar-refractivity contribution is 14.1. The zero-order chi connectivity index (χ0) is 10.6. The van der Waals surface area contributed by atoms with Crippen LogP contribution in [-0.2, 0) is 17.9 Å². The van der Waals surface area contributed by atoms with Crippen LogP contribution in [0.1, 0.15) is 32.9 Å². The fraction of sp³-hybridized carbons (Fsp3) is 0.700. The lowest BCUT2D eigenvalue weighted by Gasteiger charge is -2.08. The van der Waals surface area contributed by atoms with Gasteiger partial charge in [0.25, 0.3) is 0 Å². The molecule has 3 nitrogen and oxygen atoms in total. The number of aromatic nitrogens is 2. The van der Waals surface area contributed by atoms with Gasteiger partial charge in [0.15, 0.2) is 0 Å². The van der Waals surface area contributed by atoms with E-state index < -0.39 is 0 Å². The van der Waals surface area contributed by atoms with Gasteiger partial charge in [-0.3, -0.25) is 4.68 Å². The highest BCUT2D eigenvalue weighted by Crippen LogP contribution is 2.12. The lowest BCUT2D eigenvalue weighted by atomic mass is 10.3. The van der Waals surface area contributed by atoms with Gasteiger partial charge in [0.1, 0.15) is 5.69 Å². The van der Waals surface area contributed by atoms with Crippen molar-refractivity contribution in [2.24, 2.45) is 0 Å². The summed E-state index contributed by atoms with van der Waals surface area (Å²) in [7, 11) is 0. The Balaban J connectivity index is 2.53. The Morgan fingerprint density at radius 3 is 2.79 bits per heavy atom. The molecule has 14 heavy (non-hydrogen) atoms. The SMILES string of the molecule is CC[C@H](C)OCc1nn(CC)cc1I. The van der Waals surface area contributed by atoms with E-state index in [1.165, 1.54) is 3.57 Å². The first-order valence-corrected chi connectivity index (χ1v) is 6.08. The molecule has 0 spiro atoms. The van der Waals surface area contributed by atoms with Crippen molar-refractivity contribution in [3.63, 3.8) is 0 Å². The zero-order valence-corrected chi connectivity index (χ0v) is 11.1. The molecule has 0 aromatic carbocycles. The molecule has 0 fully saturated rings. The van der Waals surface area contributed by atoms with Crippen LogP contribution in [0.5, 0.6) is 0 Å². The third-order valence-corrected chi connectivity index (χ3v) is 3.09.